The number of amides is 1. The van der Waals surface area contributed by atoms with E-state index in [0.29, 0.717) is 17.8 Å². The van der Waals surface area contributed by atoms with Crippen LogP contribution in [0.25, 0.3) is 0 Å². The zero-order chi connectivity index (χ0) is 18.0. The van der Waals surface area contributed by atoms with Crippen LogP contribution in [0.2, 0.25) is 0 Å². The number of guanidine groups is 1. The molecule has 0 atom stereocenters. The van der Waals surface area contributed by atoms with Crippen LogP contribution in [-0.2, 0) is 4.79 Å². The average Bonchev–Trinajstić information content (AvgIpc) is 2.51. The molecule has 0 bridgehead atoms. The van der Waals surface area contributed by atoms with Crippen LogP contribution in [0, 0.1) is 12.3 Å². The molecule has 8 heteroatoms. The van der Waals surface area contributed by atoms with Crippen molar-refractivity contribution in [2.75, 3.05) is 25.0 Å². The van der Waals surface area contributed by atoms with Gasteiger partial charge in [0.15, 0.2) is 5.96 Å². The lowest BCUT2D eigenvalue weighted by atomic mass is 10.2. The minimum atomic E-state index is -4.25. The molecule has 24 heavy (non-hydrogen) atoms. The van der Waals surface area contributed by atoms with Gasteiger partial charge in [0.2, 0.25) is 5.91 Å². The van der Waals surface area contributed by atoms with E-state index in [2.05, 4.69) is 26.9 Å². The van der Waals surface area contributed by atoms with Crippen LogP contribution in [0.3, 0.4) is 0 Å². The quantitative estimate of drug-likeness (QED) is 0.422. The number of nitrogens with zero attached hydrogens (tertiary/aromatic N) is 1. The van der Waals surface area contributed by atoms with E-state index in [1.807, 2.05) is 0 Å². The zero-order valence-electron chi connectivity index (χ0n) is 13.2. The summed E-state index contributed by atoms with van der Waals surface area (Å²) in [6.07, 6.45) is 0.0472. The second-order valence-corrected chi connectivity index (χ2v) is 4.76. The molecule has 0 fully saturated rings. The average molecular weight is 340 g/mol. The summed E-state index contributed by atoms with van der Waals surface area (Å²) in [5.74, 6) is 2.19. The summed E-state index contributed by atoms with van der Waals surface area (Å²) in [4.78, 5) is 15.8. The van der Waals surface area contributed by atoms with E-state index in [0.717, 1.165) is 0 Å². The molecular weight excluding hydrogens is 321 g/mol. The normalized spacial score (nSPS) is 11.5. The van der Waals surface area contributed by atoms with Crippen molar-refractivity contribution in [2.45, 2.75) is 19.5 Å². The third-order valence-corrected chi connectivity index (χ3v) is 2.74. The number of carbonyl (C=O) groups excluding carboxylic acids is 1. The lowest BCUT2D eigenvalue weighted by Gasteiger charge is -2.12. The van der Waals surface area contributed by atoms with E-state index < -0.39 is 18.5 Å². The van der Waals surface area contributed by atoms with Crippen molar-refractivity contribution in [3.8, 4) is 12.3 Å². The van der Waals surface area contributed by atoms with Crippen LogP contribution >= 0.6 is 0 Å². The van der Waals surface area contributed by atoms with Gasteiger partial charge in [0.05, 0.1) is 6.42 Å². The molecule has 0 unspecified atom stereocenters. The van der Waals surface area contributed by atoms with Crippen LogP contribution in [0.1, 0.15) is 18.9 Å². The van der Waals surface area contributed by atoms with E-state index in [9.17, 15) is 18.0 Å². The highest BCUT2D eigenvalue weighted by atomic mass is 19.4. The molecule has 1 aromatic rings. The first-order valence-corrected chi connectivity index (χ1v) is 7.29. The number of anilines is 1. The monoisotopic (exact) mass is 340 g/mol. The van der Waals surface area contributed by atoms with Crippen molar-refractivity contribution in [1.82, 2.24) is 10.6 Å². The number of nitrogens with one attached hydrogen (secondary N) is 3. The topological polar surface area (TPSA) is 65.5 Å². The summed E-state index contributed by atoms with van der Waals surface area (Å²) in [6.45, 7) is 1.68. The van der Waals surface area contributed by atoms with E-state index in [1.165, 1.54) is 0 Å². The molecule has 5 nitrogen and oxygen atoms in total. The van der Waals surface area contributed by atoms with Crippen molar-refractivity contribution in [3.63, 3.8) is 0 Å². The Kier molecular flexibility index (Phi) is 7.62. The smallest absolute Gasteiger partial charge is 0.357 e. The van der Waals surface area contributed by atoms with E-state index in [4.69, 9.17) is 6.42 Å². The highest BCUT2D eigenvalue weighted by Crippen LogP contribution is 2.18. The summed E-state index contributed by atoms with van der Waals surface area (Å²) < 4.78 is 36.4. The van der Waals surface area contributed by atoms with Gasteiger partial charge in [0.25, 0.3) is 0 Å². The largest absolute Gasteiger partial charge is 0.390 e. The van der Waals surface area contributed by atoms with E-state index in [1.54, 1.807) is 31.2 Å². The fraction of sp³-hybridized carbons (Fsp3) is 0.375. The van der Waals surface area contributed by atoms with Crippen LogP contribution in [0.5, 0.6) is 0 Å². The van der Waals surface area contributed by atoms with Gasteiger partial charge in [-0.15, -0.1) is 6.42 Å². The van der Waals surface area contributed by atoms with Gasteiger partial charge < -0.3 is 16.0 Å². The molecule has 0 aliphatic carbocycles. The Balaban J connectivity index is 2.55. The number of hydrogen-bond acceptors (Lipinski definition) is 2. The number of rotatable bonds is 6. The maximum absolute atomic E-state index is 12.1. The summed E-state index contributed by atoms with van der Waals surface area (Å²) in [5.41, 5.74) is 1.15. The van der Waals surface area contributed by atoms with Gasteiger partial charge in [-0.3, -0.25) is 4.79 Å². The number of aliphatic imine (C=N–C) groups is 1. The van der Waals surface area contributed by atoms with Crippen LogP contribution < -0.4 is 16.0 Å². The number of alkyl halides is 3. The standard InChI is InChI=1S/C16H19F3N4O/c1-3-12-6-5-7-13(10-12)23-14(24)11-22-15(20-4-2)21-9-8-16(17,18)19/h1,5-7,10H,4,8-9,11H2,2H3,(H,23,24)(H2,20,21,22). The first kappa shape index (κ1) is 19.4. The lowest BCUT2D eigenvalue weighted by molar-refractivity contribution is -0.132. The molecule has 1 amide bonds. The van der Waals surface area contributed by atoms with Crippen LogP contribution in [0.4, 0.5) is 18.9 Å². The third-order valence-electron chi connectivity index (χ3n) is 2.74. The Labute approximate surface area is 138 Å². The van der Waals surface area contributed by atoms with Crippen molar-refractivity contribution in [1.29, 1.82) is 0 Å². The van der Waals surface area contributed by atoms with Crippen LogP contribution in [-0.4, -0.2) is 37.7 Å². The molecule has 0 radical (unpaired) electrons. The maximum atomic E-state index is 12.1. The number of hydrogen-bond donors (Lipinski definition) is 3. The van der Waals surface area contributed by atoms with Crippen molar-refractivity contribution >= 4 is 17.6 Å². The Morgan fingerprint density at radius 2 is 2.08 bits per heavy atom. The number of halogens is 3. The molecule has 1 aromatic carbocycles. The molecule has 0 saturated heterocycles. The summed E-state index contributed by atoms with van der Waals surface area (Å²) in [7, 11) is 0. The summed E-state index contributed by atoms with van der Waals surface area (Å²) >= 11 is 0. The predicted molar refractivity (Wildman–Crippen MR) is 87.7 cm³/mol. The van der Waals surface area contributed by atoms with Gasteiger partial charge in [0.1, 0.15) is 6.54 Å². The first-order chi connectivity index (χ1) is 11.3. The van der Waals surface area contributed by atoms with E-state index >= 15 is 0 Å². The minimum absolute atomic E-state index is 0.147. The molecule has 0 spiro atoms. The lowest BCUT2D eigenvalue weighted by Crippen LogP contribution is -2.39. The van der Waals surface area contributed by atoms with Gasteiger partial charge in [-0.25, -0.2) is 4.99 Å². The molecule has 0 saturated carbocycles. The fourth-order valence-electron chi connectivity index (χ4n) is 1.70. The van der Waals surface area contributed by atoms with E-state index in [-0.39, 0.29) is 19.0 Å². The SMILES string of the molecule is C#Cc1cccc(NC(=O)CN=C(NCC)NCCC(F)(F)F)c1. The molecular formula is C16H19F3N4O. The molecule has 1 rings (SSSR count). The third kappa shape index (κ3) is 8.08. The Hall–Kier alpha value is -2.69. The van der Waals surface area contributed by atoms with Crippen molar-refractivity contribution < 1.29 is 18.0 Å². The first-order valence-electron chi connectivity index (χ1n) is 7.29. The Morgan fingerprint density at radius 3 is 2.71 bits per heavy atom. The molecule has 0 heterocycles. The number of benzene rings is 1. The second-order valence-electron chi connectivity index (χ2n) is 4.76. The Morgan fingerprint density at radius 1 is 1.33 bits per heavy atom. The minimum Gasteiger partial charge on any atom is -0.357 e. The highest BCUT2D eigenvalue weighted by molar-refractivity contribution is 5.94. The number of terminal acetylenes is 1. The van der Waals surface area contributed by atoms with Crippen molar-refractivity contribution in [2.24, 2.45) is 4.99 Å². The second kappa shape index (κ2) is 9.45. The molecule has 0 aromatic heterocycles. The van der Waals surface area contributed by atoms with Gasteiger partial charge >= 0.3 is 6.18 Å². The fourth-order valence-corrected chi connectivity index (χ4v) is 1.70. The predicted octanol–water partition coefficient (Wildman–Crippen LogP) is 2.11. The maximum Gasteiger partial charge on any atom is 0.390 e. The molecule has 130 valence electrons. The van der Waals surface area contributed by atoms with Gasteiger partial charge in [-0.05, 0) is 25.1 Å². The summed E-state index contributed by atoms with van der Waals surface area (Å²) in [5, 5.41) is 7.92. The number of carbonyl (C=O) groups is 1. The highest BCUT2D eigenvalue weighted by Gasteiger charge is 2.26. The molecule has 0 aliphatic heterocycles. The molecule has 0 aliphatic rings. The van der Waals surface area contributed by atoms with Gasteiger partial charge in [0, 0.05) is 24.3 Å². The van der Waals surface area contributed by atoms with Gasteiger partial charge in [-0.2, -0.15) is 13.2 Å². The van der Waals surface area contributed by atoms with Crippen LogP contribution in [0.15, 0.2) is 29.3 Å². The Bertz CT molecular complexity index is 620. The summed E-state index contributed by atoms with van der Waals surface area (Å²) in [6, 6.07) is 6.74. The zero-order valence-corrected chi connectivity index (χ0v) is 13.2. The molecule has 3 N–H and O–H groups in total. The van der Waals surface area contributed by atoms with Gasteiger partial charge in [-0.1, -0.05) is 12.0 Å². The van der Waals surface area contributed by atoms with Crippen molar-refractivity contribution in [3.05, 3.63) is 29.8 Å².